The first-order chi connectivity index (χ1) is 8.24. The molecule has 2 aromatic rings. The Bertz CT molecular complexity index is 453. The van der Waals surface area contributed by atoms with Crippen molar-refractivity contribution in [2.24, 2.45) is 0 Å². The first kappa shape index (κ1) is 12.1. The number of hydrogen-bond donors (Lipinski definition) is 1. The van der Waals surface area contributed by atoms with Crippen molar-refractivity contribution in [2.75, 3.05) is 19.3 Å². The Morgan fingerprint density at radius 2 is 2.18 bits per heavy atom. The molecule has 0 unspecified atom stereocenters. The molecule has 0 aliphatic heterocycles. The summed E-state index contributed by atoms with van der Waals surface area (Å²) in [6, 6.07) is 10.1. The minimum atomic E-state index is 0.592. The van der Waals surface area contributed by atoms with Gasteiger partial charge in [0, 0.05) is 18.0 Å². The summed E-state index contributed by atoms with van der Waals surface area (Å²) >= 11 is 1.81. The first-order valence-corrected chi connectivity index (χ1v) is 6.54. The molecular weight excluding hydrogens is 230 g/mol. The monoisotopic (exact) mass is 247 g/mol. The fourth-order valence-electron chi connectivity index (χ4n) is 1.70. The van der Waals surface area contributed by atoms with Gasteiger partial charge in [0.1, 0.15) is 5.82 Å². The maximum absolute atomic E-state index is 5.66. The Balaban J connectivity index is 1.83. The predicted molar refractivity (Wildman–Crippen MR) is 73.0 cm³/mol. The maximum atomic E-state index is 5.66. The van der Waals surface area contributed by atoms with E-state index in [1.165, 1.54) is 4.88 Å². The third-order valence-corrected chi connectivity index (χ3v) is 3.52. The largest absolute Gasteiger partial charge is 0.384 e. The average Bonchev–Trinajstić information content (AvgIpc) is 2.79. The molecule has 4 heteroatoms. The number of anilines is 1. The lowest BCUT2D eigenvalue weighted by Crippen LogP contribution is -2.21. The lowest BCUT2D eigenvalue weighted by atomic mass is 10.3. The molecule has 0 aliphatic rings. The molecule has 0 atom stereocenters. The van der Waals surface area contributed by atoms with E-state index in [1.807, 2.05) is 29.5 Å². The van der Waals surface area contributed by atoms with Gasteiger partial charge in [-0.15, -0.1) is 11.3 Å². The SMILES string of the molecule is CN(CCc1cccs1)Cc1cccc(N)n1. The summed E-state index contributed by atoms with van der Waals surface area (Å²) in [7, 11) is 2.11. The zero-order valence-electron chi connectivity index (χ0n) is 9.97. The number of likely N-dealkylation sites (N-methyl/N-ethyl adjacent to an activating group) is 1. The molecule has 3 nitrogen and oxygen atoms in total. The van der Waals surface area contributed by atoms with Crippen molar-refractivity contribution in [1.29, 1.82) is 0 Å². The highest BCUT2D eigenvalue weighted by molar-refractivity contribution is 7.09. The molecule has 2 N–H and O–H groups in total. The van der Waals surface area contributed by atoms with Gasteiger partial charge in [-0.1, -0.05) is 12.1 Å². The molecule has 0 amide bonds. The van der Waals surface area contributed by atoms with E-state index in [1.54, 1.807) is 0 Å². The Hall–Kier alpha value is -1.39. The van der Waals surface area contributed by atoms with Crippen LogP contribution in [0.2, 0.25) is 0 Å². The summed E-state index contributed by atoms with van der Waals surface area (Å²) in [6.45, 7) is 1.88. The van der Waals surface area contributed by atoms with Crippen LogP contribution in [0.4, 0.5) is 5.82 Å². The van der Waals surface area contributed by atoms with Crippen LogP contribution in [0, 0.1) is 0 Å². The van der Waals surface area contributed by atoms with Crippen LogP contribution in [0.15, 0.2) is 35.7 Å². The summed E-state index contributed by atoms with van der Waals surface area (Å²) in [4.78, 5) is 7.99. The number of thiophene rings is 1. The highest BCUT2D eigenvalue weighted by Gasteiger charge is 2.02. The van der Waals surface area contributed by atoms with Gasteiger partial charge in [-0.25, -0.2) is 4.98 Å². The highest BCUT2D eigenvalue weighted by atomic mass is 32.1. The lowest BCUT2D eigenvalue weighted by Gasteiger charge is -2.15. The second-order valence-electron chi connectivity index (χ2n) is 4.12. The molecule has 0 spiro atoms. The van der Waals surface area contributed by atoms with Gasteiger partial charge in [0.2, 0.25) is 0 Å². The van der Waals surface area contributed by atoms with Crippen molar-refractivity contribution >= 4 is 17.2 Å². The van der Waals surface area contributed by atoms with E-state index in [0.717, 1.165) is 25.2 Å². The minimum absolute atomic E-state index is 0.592. The fourth-order valence-corrected chi connectivity index (χ4v) is 2.40. The molecule has 0 bridgehead atoms. The normalized spacial score (nSPS) is 10.9. The Labute approximate surface area is 106 Å². The van der Waals surface area contributed by atoms with Gasteiger partial charge in [-0.2, -0.15) is 0 Å². The standard InChI is InChI=1S/C13H17N3S/c1-16(8-7-12-5-3-9-17-12)10-11-4-2-6-13(14)15-11/h2-6,9H,7-8,10H2,1H3,(H2,14,15). The zero-order valence-corrected chi connectivity index (χ0v) is 10.8. The number of hydrogen-bond acceptors (Lipinski definition) is 4. The van der Waals surface area contributed by atoms with Crippen molar-refractivity contribution in [3.8, 4) is 0 Å². The van der Waals surface area contributed by atoms with Gasteiger partial charge in [0.05, 0.1) is 5.69 Å². The molecule has 0 aromatic carbocycles. The third kappa shape index (κ3) is 3.84. The van der Waals surface area contributed by atoms with E-state index in [-0.39, 0.29) is 0 Å². The van der Waals surface area contributed by atoms with Gasteiger partial charge in [0.25, 0.3) is 0 Å². The van der Waals surface area contributed by atoms with Crippen LogP contribution in [0.5, 0.6) is 0 Å². The predicted octanol–water partition coefficient (Wildman–Crippen LogP) is 2.40. The van der Waals surface area contributed by atoms with Crippen molar-refractivity contribution < 1.29 is 0 Å². The lowest BCUT2D eigenvalue weighted by molar-refractivity contribution is 0.328. The molecule has 2 heterocycles. The summed E-state index contributed by atoms with van der Waals surface area (Å²) in [5.41, 5.74) is 6.68. The van der Waals surface area contributed by atoms with E-state index in [2.05, 4.69) is 34.4 Å². The number of pyridine rings is 1. The number of rotatable bonds is 5. The molecule has 2 rings (SSSR count). The van der Waals surface area contributed by atoms with E-state index < -0.39 is 0 Å². The van der Waals surface area contributed by atoms with Gasteiger partial charge in [-0.3, -0.25) is 0 Å². The zero-order chi connectivity index (χ0) is 12.1. The molecule has 2 aromatic heterocycles. The molecule has 0 saturated heterocycles. The van der Waals surface area contributed by atoms with Crippen LogP contribution in [0.25, 0.3) is 0 Å². The number of nitrogen functional groups attached to an aromatic ring is 1. The van der Waals surface area contributed by atoms with Gasteiger partial charge >= 0.3 is 0 Å². The quantitative estimate of drug-likeness (QED) is 0.882. The van der Waals surface area contributed by atoms with Crippen molar-refractivity contribution in [1.82, 2.24) is 9.88 Å². The molecule has 0 aliphatic carbocycles. The summed E-state index contributed by atoms with van der Waals surface area (Å²) in [5, 5.41) is 2.12. The van der Waals surface area contributed by atoms with Gasteiger partial charge in [0.15, 0.2) is 0 Å². The van der Waals surface area contributed by atoms with Crippen LogP contribution in [0.1, 0.15) is 10.6 Å². The fraction of sp³-hybridized carbons (Fsp3) is 0.308. The topological polar surface area (TPSA) is 42.1 Å². The summed E-state index contributed by atoms with van der Waals surface area (Å²) in [6.07, 6.45) is 1.09. The average molecular weight is 247 g/mol. The van der Waals surface area contributed by atoms with Crippen LogP contribution in [-0.4, -0.2) is 23.5 Å². The number of nitrogens with two attached hydrogens (primary N) is 1. The smallest absolute Gasteiger partial charge is 0.123 e. The second kappa shape index (κ2) is 5.80. The Kier molecular flexibility index (Phi) is 4.12. The van der Waals surface area contributed by atoms with E-state index in [9.17, 15) is 0 Å². The molecule has 0 radical (unpaired) electrons. The third-order valence-electron chi connectivity index (χ3n) is 2.58. The van der Waals surface area contributed by atoms with Crippen molar-refractivity contribution in [3.63, 3.8) is 0 Å². The van der Waals surface area contributed by atoms with Crippen molar-refractivity contribution in [3.05, 3.63) is 46.3 Å². The van der Waals surface area contributed by atoms with Gasteiger partial charge in [-0.05, 0) is 37.0 Å². The Morgan fingerprint density at radius 1 is 1.29 bits per heavy atom. The first-order valence-electron chi connectivity index (χ1n) is 5.66. The van der Waals surface area contributed by atoms with Crippen LogP contribution in [-0.2, 0) is 13.0 Å². The highest BCUT2D eigenvalue weighted by Crippen LogP contribution is 2.10. The van der Waals surface area contributed by atoms with E-state index in [0.29, 0.717) is 5.82 Å². The number of aromatic nitrogens is 1. The molecular formula is C13H17N3S. The maximum Gasteiger partial charge on any atom is 0.123 e. The second-order valence-corrected chi connectivity index (χ2v) is 5.15. The summed E-state index contributed by atoms with van der Waals surface area (Å²) < 4.78 is 0. The molecule has 0 saturated carbocycles. The molecule has 0 fully saturated rings. The van der Waals surface area contributed by atoms with E-state index >= 15 is 0 Å². The molecule has 90 valence electrons. The summed E-state index contributed by atoms with van der Waals surface area (Å²) in [5.74, 6) is 0.592. The van der Waals surface area contributed by atoms with E-state index in [4.69, 9.17) is 5.73 Å². The number of nitrogens with zero attached hydrogens (tertiary/aromatic N) is 2. The van der Waals surface area contributed by atoms with Gasteiger partial charge < -0.3 is 10.6 Å². The minimum Gasteiger partial charge on any atom is -0.384 e. The van der Waals surface area contributed by atoms with Crippen LogP contribution in [0.3, 0.4) is 0 Å². The Morgan fingerprint density at radius 3 is 2.88 bits per heavy atom. The van der Waals surface area contributed by atoms with Crippen LogP contribution >= 0.6 is 11.3 Å². The van der Waals surface area contributed by atoms with Crippen molar-refractivity contribution in [2.45, 2.75) is 13.0 Å². The molecule has 17 heavy (non-hydrogen) atoms. The van der Waals surface area contributed by atoms with Crippen LogP contribution < -0.4 is 5.73 Å².